The molecule has 0 aliphatic rings. The molecule has 5 heteroatoms. The third-order valence-electron chi connectivity index (χ3n) is 2.59. The highest BCUT2D eigenvalue weighted by atomic mass is 35.5. The lowest BCUT2D eigenvalue weighted by Gasteiger charge is -2.02. The zero-order valence-electron chi connectivity index (χ0n) is 10.6. The second-order valence-corrected chi connectivity index (χ2v) is 4.97. The quantitative estimate of drug-likeness (QED) is 0.819. The lowest BCUT2D eigenvalue weighted by Crippen LogP contribution is -2.18. The number of halogens is 2. The maximum Gasteiger partial charge on any atom is 0.134 e. The molecule has 0 fully saturated rings. The van der Waals surface area contributed by atoms with Crippen LogP contribution < -0.4 is 5.32 Å². The number of hydrogen-bond acceptors (Lipinski definition) is 3. The Morgan fingerprint density at radius 3 is 2.58 bits per heavy atom. The van der Waals surface area contributed by atoms with Crippen molar-refractivity contribution >= 4 is 23.2 Å². The Hall–Kier alpha value is -1.00. The second-order valence-electron chi connectivity index (χ2n) is 4.09. The van der Waals surface area contributed by atoms with Crippen molar-refractivity contribution < 1.29 is 9.15 Å². The molecule has 0 unspecified atom stereocenters. The molecule has 0 atom stereocenters. The van der Waals surface area contributed by atoms with Gasteiger partial charge in [-0.15, -0.1) is 0 Å². The predicted molar refractivity (Wildman–Crippen MR) is 77.7 cm³/mol. The molecule has 1 aromatic carbocycles. The summed E-state index contributed by atoms with van der Waals surface area (Å²) in [7, 11) is 1.68. The van der Waals surface area contributed by atoms with Crippen molar-refractivity contribution in [3.8, 4) is 11.3 Å². The Morgan fingerprint density at radius 2 is 1.89 bits per heavy atom. The van der Waals surface area contributed by atoms with Crippen LogP contribution >= 0.6 is 23.2 Å². The van der Waals surface area contributed by atoms with Gasteiger partial charge in [-0.25, -0.2) is 0 Å². The first-order chi connectivity index (χ1) is 9.19. The van der Waals surface area contributed by atoms with Crippen molar-refractivity contribution in [2.24, 2.45) is 0 Å². The number of furan rings is 1. The van der Waals surface area contributed by atoms with Gasteiger partial charge in [0.1, 0.15) is 11.5 Å². The van der Waals surface area contributed by atoms with Crippen LogP contribution in [-0.4, -0.2) is 20.3 Å². The normalized spacial score (nSPS) is 10.9. The van der Waals surface area contributed by atoms with Gasteiger partial charge in [-0.1, -0.05) is 23.2 Å². The molecular weight excluding hydrogens is 285 g/mol. The topological polar surface area (TPSA) is 34.4 Å². The van der Waals surface area contributed by atoms with E-state index in [9.17, 15) is 0 Å². The standard InChI is InChI=1S/C14H15Cl2NO2/c1-18-5-4-17-9-13-2-3-14(19-13)10-6-11(15)8-12(16)7-10/h2-3,6-8,17H,4-5,9H2,1H3. The van der Waals surface area contributed by atoms with Crippen molar-refractivity contribution in [2.45, 2.75) is 6.54 Å². The molecule has 0 aliphatic heterocycles. The van der Waals surface area contributed by atoms with Gasteiger partial charge >= 0.3 is 0 Å². The summed E-state index contributed by atoms with van der Waals surface area (Å²) in [4.78, 5) is 0. The smallest absolute Gasteiger partial charge is 0.134 e. The lowest BCUT2D eigenvalue weighted by molar-refractivity contribution is 0.198. The van der Waals surface area contributed by atoms with Crippen LogP contribution in [-0.2, 0) is 11.3 Å². The number of methoxy groups -OCH3 is 1. The van der Waals surface area contributed by atoms with Gasteiger partial charge in [-0.3, -0.25) is 0 Å². The van der Waals surface area contributed by atoms with Crippen LogP contribution in [0.25, 0.3) is 11.3 Å². The van der Waals surface area contributed by atoms with Gasteiger partial charge < -0.3 is 14.5 Å². The average molecular weight is 300 g/mol. The summed E-state index contributed by atoms with van der Waals surface area (Å²) < 4.78 is 10.7. The van der Waals surface area contributed by atoms with E-state index in [0.717, 1.165) is 23.6 Å². The third-order valence-corrected chi connectivity index (χ3v) is 3.03. The van der Waals surface area contributed by atoms with E-state index in [1.807, 2.05) is 24.3 Å². The van der Waals surface area contributed by atoms with Crippen LogP contribution in [0.2, 0.25) is 10.0 Å². The van der Waals surface area contributed by atoms with Gasteiger partial charge in [0.2, 0.25) is 0 Å². The Bertz CT molecular complexity index is 520. The van der Waals surface area contributed by atoms with Crippen molar-refractivity contribution in [3.63, 3.8) is 0 Å². The van der Waals surface area contributed by atoms with Gasteiger partial charge in [0.05, 0.1) is 13.2 Å². The Labute approximate surface area is 122 Å². The summed E-state index contributed by atoms with van der Waals surface area (Å²) in [6.07, 6.45) is 0. The van der Waals surface area contributed by atoms with E-state index < -0.39 is 0 Å². The summed E-state index contributed by atoms with van der Waals surface area (Å²) in [5, 5.41) is 4.41. The highest BCUT2D eigenvalue weighted by molar-refractivity contribution is 6.35. The highest BCUT2D eigenvalue weighted by Gasteiger charge is 2.06. The third kappa shape index (κ3) is 4.25. The number of rotatable bonds is 6. The molecular formula is C14H15Cl2NO2. The maximum atomic E-state index is 5.97. The van der Waals surface area contributed by atoms with E-state index in [-0.39, 0.29) is 0 Å². The molecule has 2 rings (SSSR count). The van der Waals surface area contributed by atoms with Crippen molar-refractivity contribution in [1.82, 2.24) is 5.32 Å². The van der Waals surface area contributed by atoms with Crippen molar-refractivity contribution in [2.75, 3.05) is 20.3 Å². The zero-order valence-corrected chi connectivity index (χ0v) is 12.1. The molecule has 0 bridgehead atoms. The summed E-state index contributed by atoms with van der Waals surface area (Å²) in [5.74, 6) is 1.62. The first-order valence-electron chi connectivity index (χ1n) is 5.94. The van der Waals surface area contributed by atoms with E-state index in [4.69, 9.17) is 32.4 Å². The van der Waals surface area contributed by atoms with Gasteiger partial charge in [0.15, 0.2) is 0 Å². The zero-order chi connectivity index (χ0) is 13.7. The van der Waals surface area contributed by atoms with Crippen LogP contribution in [0, 0.1) is 0 Å². The fraction of sp³-hybridized carbons (Fsp3) is 0.286. The van der Waals surface area contributed by atoms with Crippen LogP contribution in [0.3, 0.4) is 0 Å². The molecule has 1 aromatic heterocycles. The average Bonchev–Trinajstić information content (AvgIpc) is 2.82. The summed E-state index contributed by atoms with van der Waals surface area (Å²) in [6.45, 7) is 2.13. The molecule has 0 saturated heterocycles. The van der Waals surface area contributed by atoms with Crippen LogP contribution in [0.4, 0.5) is 0 Å². The summed E-state index contributed by atoms with van der Waals surface area (Å²) in [5.41, 5.74) is 0.876. The maximum absolute atomic E-state index is 5.97. The van der Waals surface area contributed by atoms with E-state index in [1.165, 1.54) is 0 Å². The van der Waals surface area contributed by atoms with Crippen molar-refractivity contribution in [3.05, 3.63) is 46.1 Å². The molecule has 0 aliphatic carbocycles. The molecule has 3 nitrogen and oxygen atoms in total. The van der Waals surface area contributed by atoms with Gasteiger partial charge in [0.25, 0.3) is 0 Å². The number of nitrogens with one attached hydrogen (secondary N) is 1. The van der Waals surface area contributed by atoms with Crippen LogP contribution in [0.1, 0.15) is 5.76 Å². The molecule has 0 radical (unpaired) electrons. The molecule has 1 N–H and O–H groups in total. The van der Waals surface area contributed by atoms with E-state index in [1.54, 1.807) is 13.2 Å². The van der Waals surface area contributed by atoms with Crippen molar-refractivity contribution in [1.29, 1.82) is 0 Å². The van der Waals surface area contributed by atoms with Gasteiger partial charge in [-0.2, -0.15) is 0 Å². The van der Waals surface area contributed by atoms with E-state index in [0.29, 0.717) is 23.2 Å². The largest absolute Gasteiger partial charge is 0.460 e. The molecule has 19 heavy (non-hydrogen) atoms. The van der Waals surface area contributed by atoms with Gasteiger partial charge in [-0.05, 0) is 30.3 Å². The molecule has 0 saturated carbocycles. The minimum absolute atomic E-state index is 0.596. The second kappa shape index (κ2) is 6.96. The minimum Gasteiger partial charge on any atom is -0.460 e. The number of hydrogen-bond donors (Lipinski definition) is 1. The Morgan fingerprint density at radius 1 is 1.16 bits per heavy atom. The molecule has 1 heterocycles. The molecule has 102 valence electrons. The first kappa shape index (κ1) is 14.4. The molecule has 0 amide bonds. The number of ether oxygens (including phenoxy) is 1. The first-order valence-corrected chi connectivity index (χ1v) is 6.69. The Kier molecular flexibility index (Phi) is 5.28. The fourth-order valence-electron chi connectivity index (χ4n) is 1.71. The van der Waals surface area contributed by atoms with E-state index >= 15 is 0 Å². The highest BCUT2D eigenvalue weighted by Crippen LogP contribution is 2.28. The SMILES string of the molecule is COCCNCc1ccc(-c2cc(Cl)cc(Cl)c2)o1. The summed E-state index contributed by atoms with van der Waals surface area (Å²) >= 11 is 11.9. The molecule has 2 aromatic rings. The summed E-state index contributed by atoms with van der Waals surface area (Å²) in [6, 6.07) is 9.20. The Balaban J connectivity index is 2.03. The van der Waals surface area contributed by atoms with Crippen LogP contribution in [0.5, 0.6) is 0 Å². The predicted octanol–water partition coefficient (Wildman–Crippen LogP) is 3.99. The van der Waals surface area contributed by atoms with E-state index in [2.05, 4.69) is 5.32 Å². The lowest BCUT2D eigenvalue weighted by atomic mass is 10.2. The monoisotopic (exact) mass is 299 g/mol. The minimum atomic E-state index is 0.596. The fourth-order valence-corrected chi connectivity index (χ4v) is 2.24. The van der Waals surface area contributed by atoms with Gasteiger partial charge in [0, 0.05) is 29.3 Å². The number of benzene rings is 1. The molecule has 0 spiro atoms. The van der Waals surface area contributed by atoms with Crippen LogP contribution in [0.15, 0.2) is 34.7 Å².